The summed E-state index contributed by atoms with van der Waals surface area (Å²) in [6.07, 6.45) is 0. The lowest BCUT2D eigenvalue weighted by atomic mass is 10.1. The molecule has 0 aromatic heterocycles. The van der Waals surface area contributed by atoms with E-state index in [1.54, 1.807) is 19.1 Å². The van der Waals surface area contributed by atoms with Gasteiger partial charge in [-0.05, 0) is 42.3 Å². The summed E-state index contributed by atoms with van der Waals surface area (Å²) in [5.74, 6) is 0. The summed E-state index contributed by atoms with van der Waals surface area (Å²) in [7, 11) is 0. The molecular weight excluding hydrogens is 210 g/mol. The molecular formula is C8H6ClNO2S. The maximum absolute atomic E-state index is 10.7. The predicted molar refractivity (Wildman–Crippen MR) is 51.6 cm³/mol. The van der Waals surface area contributed by atoms with Crippen LogP contribution in [0.25, 0.3) is 0 Å². The second-order valence-electron chi connectivity index (χ2n) is 2.44. The first-order valence-corrected chi connectivity index (χ1v) is 4.53. The Balaban J connectivity index is 3.19. The molecule has 1 rings (SSSR count). The highest BCUT2D eigenvalue weighted by Crippen LogP contribution is 2.19. The van der Waals surface area contributed by atoms with Crippen molar-refractivity contribution >= 4 is 34.0 Å². The molecule has 0 unspecified atom stereocenters. The molecule has 0 aliphatic heterocycles. The summed E-state index contributed by atoms with van der Waals surface area (Å²) < 4.78 is 13.7. The minimum Gasteiger partial charge on any atom is -0.276 e. The summed E-state index contributed by atoms with van der Waals surface area (Å²) in [6.45, 7) is 1.76. The van der Waals surface area contributed by atoms with E-state index in [0.717, 1.165) is 5.56 Å². The maximum atomic E-state index is 10.7. The van der Waals surface area contributed by atoms with Gasteiger partial charge in [0.25, 0.3) is 5.24 Å². The average Bonchev–Trinajstić information content (AvgIpc) is 2.08. The molecule has 1 aromatic rings. The number of hydrogen-bond acceptors (Lipinski definition) is 3. The van der Waals surface area contributed by atoms with Gasteiger partial charge in [-0.15, -0.1) is 0 Å². The Morgan fingerprint density at radius 2 is 2.23 bits per heavy atom. The largest absolute Gasteiger partial charge is 0.276 e. The van der Waals surface area contributed by atoms with E-state index >= 15 is 0 Å². The lowest BCUT2D eigenvalue weighted by molar-refractivity contribution is 0.108. The van der Waals surface area contributed by atoms with Crippen LogP contribution in [-0.2, 0) is 11.5 Å². The third kappa shape index (κ3) is 2.47. The molecule has 13 heavy (non-hydrogen) atoms. The Morgan fingerprint density at radius 3 is 2.69 bits per heavy atom. The van der Waals surface area contributed by atoms with Gasteiger partial charge in [-0.3, -0.25) is 4.79 Å². The van der Waals surface area contributed by atoms with Crippen LogP contribution in [0.1, 0.15) is 15.9 Å². The van der Waals surface area contributed by atoms with Crippen LogP contribution in [-0.4, -0.2) is 9.45 Å². The fraction of sp³-hybridized carbons (Fsp3) is 0.125. The van der Waals surface area contributed by atoms with Crippen LogP contribution in [0.4, 0.5) is 5.69 Å². The number of hydrogen-bond donors (Lipinski definition) is 0. The highest BCUT2D eigenvalue weighted by Gasteiger charge is 2.03. The van der Waals surface area contributed by atoms with Gasteiger partial charge in [-0.1, -0.05) is 0 Å². The van der Waals surface area contributed by atoms with E-state index in [9.17, 15) is 9.00 Å². The summed E-state index contributed by atoms with van der Waals surface area (Å²) in [4.78, 5) is 10.7. The molecule has 0 saturated heterocycles. The molecule has 0 amide bonds. The number of aryl methyl sites for hydroxylation is 1. The van der Waals surface area contributed by atoms with Crippen LogP contribution < -0.4 is 0 Å². The zero-order valence-electron chi connectivity index (χ0n) is 6.78. The van der Waals surface area contributed by atoms with Crippen molar-refractivity contribution in [1.29, 1.82) is 0 Å². The van der Waals surface area contributed by atoms with E-state index in [1.807, 2.05) is 0 Å². The SMILES string of the molecule is Cc1cc(C(=O)Cl)ccc1N=S=O. The number of halogens is 1. The third-order valence-electron chi connectivity index (χ3n) is 1.56. The van der Waals surface area contributed by atoms with Crippen LogP contribution in [0.2, 0.25) is 0 Å². The van der Waals surface area contributed by atoms with Crippen molar-refractivity contribution in [2.75, 3.05) is 0 Å². The van der Waals surface area contributed by atoms with E-state index < -0.39 is 5.24 Å². The second kappa shape index (κ2) is 4.30. The molecule has 3 nitrogen and oxygen atoms in total. The molecule has 0 N–H and O–H groups in total. The molecule has 0 atom stereocenters. The summed E-state index contributed by atoms with van der Waals surface area (Å²) >= 11 is 5.41. The lowest BCUT2D eigenvalue weighted by Gasteiger charge is -1.98. The number of carbonyl (C=O) groups is 1. The molecule has 0 aliphatic rings. The second-order valence-corrected chi connectivity index (χ2v) is 3.12. The molecule has 0 aliphatic carbocycles. The Labute approximate surface area is 84.0 Å². The monoisotopic (exact) mass is 215 g/mol. The molecule has 0 saturated carbocycles. The first kappa shape index (κ1) is 10.1. The number of benzene rings is 1. The predicted octanol–water partition coefficient (Wildman–Crippen LogP) is 2.40. The lowest BCUT2D eigenvalue weighted by Crippen LogP contribution is -1.88. The van der Waals surface area contributed by atoms with Crippen molar-refractivity contribution < 1.29 is 9.00 Å². The van der Waals surface area contributed by atoms with Crippen LogP contribution >= 0.6 is 11.6 Å². The van der Waals surface area contributed by atoms with Crippen LogP contribution in [0.3, 0.4) is 0 Å². The Bertz CT molecular complexity index is 399. The van der Waals surface area contributed by atoms with E-state index in [-0.39, 0.29) is 11.5 Å². The van der Waals surface area contributed by atoms with E-state index in [2.05, 4.69) is 4.36 Å². The van der Waals surface area contributed by atoms with Gasteiger partial charge < -0.3 is 0 Å². The number of nitrogens with zero attached hydrogens (tertiary/aromatic N) is 1. The fourth-order valence-corrected chi connectivity index (χ4v) is 1.32. The number of carbonyl (C=O) groups excluding carboxylic acids is 1. The molecule has 5 heteroatoms. The van der Waals surface area contributed by atoms with E-state index in [0.29, 0.717) is 11.3 Å². The molecule has 1 aromatic carbocycles. The smallest absolute Gasteiger partial charge is 0.252 e. The maximum Gasteiger partial charge on any atom is 0.252 e. The molecule has 0 spiro atoms. The van der Waals surface area contributed by atoms with Crippen molar-refractivity contribution in [3.05, 3.63) is 29.3 Å². The molecule has 68 valence electrons. The molecule has 0 bridgehead atoms. The highest BCUT2D eigenvalue weighted by atomic mass is 35.5. The average molecular weight is 216 g/mol. The van der Waals surface area contributed by atoms with Gasteiger partial charge in [0.05, 0.1) is 5.69 Å². The van der Waals surface area contributed by atoms with Gasteiger partial charge in [0.15, 0.2) is 0 Å². The van der Waals surface area contributed by atoms with Crippen LogP contribution in [0.5, 0.6) is 0 Å². The van der Waals surface area contributed by atoms with Gasteiger partial charge in [0, 0.05) is 5.56 Å². The Kier molecular flexibility index (Phi) is 3.33. The van der Waals surface area contributed by atoms with Crippen LogP contribution in [0, 0.1) is 6.92 Å². The zero-order valence-corrected chi connectivity index (χ0v) is 8.35. The normalized spacial score (nSPS) is 9.38. The van der Waals surface area contributed by atoms with Gasteiger partial charge in [0.2, 0.25) is 11.5 Å². The molecule has 0 heterocycles. The first-order chi connectivity index (χ1) is 6.15. The van der Waals surface area contributed by atoms with Gasteiger partial charge in [-0.25, -0.2) is 0 Å². The van der Waals surface area contributed by atoms with Crippen molar-refractivity contribution in [2.45, 2.75) is 6.92 Å². The Morgan fingerprint density at radius 1 is 1.54 bits per heavy atom. The van der Waals surface area contributed by atoms with Crippen molar-refractivity contribution in [2.24, 2.45) is 4.36 Å². The summed E-state index contributed by atoms with van der Waals surface area (Å²) in [5, 5.41) is -0.510. The number of rotatable bonds is 2. The Hall–Kier alpha value is -1.00. The molecule has 0 fully saturated rings. The summed E-state index contributed by atoms with van der Waals surface area (Å²) in [6, 6.07) is 4.73. The van der Waals surface area contributed by atoms with Crippen LogP contribution in [0.15, 0.2) is 22.6 Å². The van der Waals surface area contributed by atoms with Gasteiger partial charge in [0.1, 0.15) is 0 Å². The third-order valence-corrected chi connectivity index (χ3v) is 2.05. The molecule has 0 radical (unpaired) electrons. The minimum absolute atomic E-state index is 0.140. The van der Waals surface area contributed by atoms with Crippen molar-refractivity contribution in [3.63, 3.8) is 0 Å². The van der Waals surface area contributed by atoms with Gasteiger partial charge in [-0.2, -0.15) is 8.57 Å². The van der Waals surface area contributed by atoms with E-state index in [1.165, 1.54) is 6.07 Å². The van der Waals surface area contributed by atoms with Crippen molar-refractivity contribution in [3.8, 4) is 0 Å². The first-order valence-electron chi connectivity index (χ1n) is 3.45. The topological polar surface area (TPSA) is 46.5 Å². The van der Waals surface area contributed by atoms with E-state index in [4.69, 9.17) is 11.6 Å². The fourth-order valence-electron chi connectivity index (χ4n) is 0.920. The minimum atomic E-state index is -0.510. The van der Waals surface area contributed by atoms with Crippen molar-refractivity contribution in [1.82, 2.24) is 0 Å². The van der Waals surface area contributed by atoms with Gasteiger partial charge >= 0.3 is 0 Å². The highest BCUT2D eigenvalue weighted by molar-refractivity contribution is 7.54. The summed E-state index contributed by atoms with van der Waals surface area (Å²) in [5.41, 5.74) is 1.74. The quantitative estimate of drug-likeness (QED) is 0.712. The standard InChI is InChI=1S/C8H6ClNO2S/c1-5-4-6(8(9)11)2-3-7(5)10-13-12/h2-4H,1H3. The zero-order chi connectivity index (χ0) is 9.84.